The number of likely N-dealkylation sites (N-methyl/N-ethyl adjacent to an activating group) is 2. The monoisotopic (exact) mass is 498 g/mol. The topological polar surface area (TPSA) is 86.0 Å². The van der Waals surface area contributed by atoms with Gasteiger partial charge in [-0.3, -0.25) is 4.79 Å². The van der Waals surface area contributed by atoms with Gasteiger partial charge in [-0.15, -0.1) is 0 Å². The highest BCUT2D eigenvalue weighted by Crippen LogP contribution is 2.34. The van der Waals surface area contributed by atoms with Crippen molar-refractivity contribution in [3.05, 3.63) is 63.9 Å². The van der Waals surface area contributed by atoms with Crippen LogP contribution in [-0.2, 0) is 16.6 Å². The lowest BCUT2D eigenvalue weighted by atomic mass is 10.1. The summed E-state index contributed by atoms with van der Waals surface area (Å²) < 4.78 is 34.9. The molecule has 0 amide bonds. The molecule has 3 aromatic rings. The lowest BCUT2D eigenvalue weighted by Crippen LogP contribution is -2.39. The van der Waals surface area contributed by atoms with Crippen molar-refractivity contribution in [1.82, 2.24) is 14.2 Å². The second-order valence-corrected chi connectivity index (χ2v) is 10.9. The van der Waals surface area contributed by atoms with Crippen LogP contribution in [0.3, 0.4) is 0 Å². The number of aryl methyl sites for hydroxylation is 1. The van der Waals surface area contributed by atoms with E-state index in [0.29, 0.717) is 24.5 Å². The SMILES string of the molecule is CCN(CC)CCN(Cc1cc2cccc(C)c2[nH]c1=O)S(=O)(=O)c1ccc2c(c1)OCCN2C. The average molecular weight is 499 g/mol. The lowest BCUT2D eigenvalue weighted by Gasteiger charge is -2.29. The molecule has 0 bridgehead atoms. The van der Waals surface area contributed by atoms with Gasteiger partial charge in [0.05, 0.1) is 22.6 Å². The molecular formula is C26H34N4O4S. The van der Waals surface area contributed by atoms with Crippen LogP contribution >= 0.6 is 0 Å². The smallest absolute Gasteiger partial charge is 0.252 e. The normalized spacial score (nSPS) is 13.9. The Kier molecular flexibility index (Phi) is 7.49. The zero-order valence-electron chi connectivity index (χ0n) is 20.9. The lowest BCUT2D eigenvalue weighted by molar-refractivity contribution is 0.268. The molecule has 35 heavy (non-hydrogen) atoms. The highest BCUT2D eigenvalue weighted by Gasteiger charge is 2.28. The number of sulfonamides is 1. The second kappa shape index (κ2) is 10.4. The van der Waals surface area contributed by atoms with Crippen LogP contribution in [0.4, 0.5) is 5.69 Å². The molecule has 8 nitrogen and oxygen atoms in total. The van der Waals surface area contributed by atoms with Gasteiger partial charge in [-0.25, -0.2) is 8.42 Å². The van der Waals surface area contributed by atoms with Gasteiger partial charge in [-0.2, -0.15) is 4.31 Å². The molecule has 188 valence electrons. The molecule has 1 N–H and O–H groups in total. The van der Waals surface area contributed by atoms with Gasteiger partial charge in [0.15, 0.2) is 0 Å². The van der Waals surface area contributed by atoms with Crippen LogP contribution in [0.2, 0.25) is 0 Å². The first-order valence-electron chi connectivity index (χ1n) is 12.1. The number of anilines is 1. The summed E-state index contributed by atoms with van der Waals surface area (Å²) in [4.78, 5) is 20.3. The molecule has 1 aliphatic rings. The predicted molar refractivity (Wildman–Crippen MR) is 140 cm³/mol. The molecule has 4 rings (SSSR count). The van der Waals surface area contributed by atoms with E-state index in [1.807, 2.05) is 37.1 Å². The molecule has 2 heterocycles. The first-order valence-corrected chi connectivity index (χ1v) is 13.5. The van der Waals surface area contributed by atoms with Gasteiger partial charge in [0.1, 0.15) is 12.4 Å². The van der Waals surface area contributed by atoms with Crippen molar-refractivity contribution in [2.75, 3.05) is 51.3 Å². The van der Waals surface area contributed by atoms with Crippen LogP contribution in [0.25, 0.3) is 10.9 Å². The van der Waals surface area contributed by atoms with Gasteiger partial charge in [0, 0.05) is 38.3 Å². The van der Waals surface area contributed by atoms with Crippen molar-refractivity contribution in [1.29, 1.82) is 0 Å². The van der Waals surface area contributed by atoms with E-state index in [9.17, 15) is 13.2 Å². The van der Waals surface area contributed by atoms with Crippen molar-refractivity contribution < 1.29 is 13.2 Å². The predicted octanol–water partition coefficient (Wildman–Crippen LogP) is 3.20. The molecule has 0 atom stereocenters. The van der Waals surface area contributed by atoms with Crippen molar-refractivity contribution in [2.24, 2.45) is 0 Å². The number of H-pyrrole nitrogens is 1. The molecule has 0 radical (unpaired) electrons. The molecule has 0 fully saturated rings. The fourth-order valence-electron chi connectivity index (χ4n) is 4.46. The van der Waals surface area contributed by atoms with Gasteiger partial charge in [-0.05, 0) is 49.2 Å². The number of pyridine rings is 1. The fraction of sp³-hybridized carbons (Fsp3) is 0.423. The number of para-hydroxylation sites is 1. The molecule has 1 aliphatic heterocycles. The third kappa shape index (κ3) is 5.22. The summed E-state index contributed by atoms with van der Waals surface area (Å²) >= 11 is 0. The Balaban J connectivity index is 1.72. The van der Waals surface area contributed by atoms with Crippen molar-refractivity contribution >= 4 is 26.6 Å². The summed E-state index contributed by atoms with van der Waals surface area (Å²) in [6.07, 6.45) is 0. The molecule has 2 aromatic carbocycles. The van der Waals surface area contributed by atoms with E-state index in [-0.39, 0.29) is 23.5 Å². The van der Waals surface area contributed by atoms with Crippen molar-refractivity contribution in [2.45, 2.75) is 32.2 Å². The Morgan fingerprint density at radius 1 is 1.09 bits per heavy atom. The average Bonchev–Trinajstić information content (AvgIpc) is 2.84. The molecule has 0 aliphatic carbocycles. The molecular weight excluding hydrogens is 464 g/mol. The zero-order valence-corrected chi connectivity index (χ0v) is 21.7. The first kappa shape index (κ1) is 25.2. The Morgan fingerprint density at radius 2 is 1.86 bits per heavy atom. The minimum absolute atomic E-state index is 0.0132. The van der Waals surface area contributed by atoms with Gasteiger partial charge in [0.2, 0.25) is 10.0 Å². The number of hydrogen-bond donors (Lipinski definition) is 1. The Bertz CT molecular complexity index is 1370. The zero-order chi connectivity index (χ0) is 25.2. The second-order valence-electron chi connectivity index (χ2n) is 8.93. The Labute approximate surface area is 207 Å². The van der Waals surface area contributed by atoms with Crippen LogP contribution in [0.1, 0.15) is 25.0 Å². The highest BCUT2D eigenvalue weighted by molar-refractivity contribution is 7.89. The summed E-state index contributed by atoms with van der Waals surface area (Å²) in [5.41, 5.74) is 2.75. The maximum absolute atomic E-state index is 13.8. The number of fused-ring (bicyclic) bond motifs is 2. The summed E-state index contributed by atoms with van der Waals surface area (Å²) in [6, 6.07) is 12.6. The number of nitrogens with zero attached hydrogens (tertiary/aromatic N) is 3. The van der Waals surface area contributed by atoms with E-state index in [4.69, 9.17) is 4.74 Å². The van der Waals surface area contributed by atoms with Crippen molar-refractivity contribution in [3.63, 3.8) is 0 Å². The Hall–Kier alpha value is -2.88. The van der Waals surface area contributed by atoms with Crippen LogP contribution in [-0.4, -0.2) is 69.0 Å². The number of hydrogen-bond acceptors (Lipinski definition) is 6. The third-order valence-corrected chi connectivity index (χ3v) is 8.58. The van der Waals surface area contributed by atoms with Crippen molar-refractivity contribution in [3.8, 4) is 5.75 Å². The number of rotatable bonds is 9. The molecule has 0 saturated carbocycles. The number of aromatic amines is 1. The molecule has 0 unspecified atom stereocenters. The van der Waals surface area contributed by atoms with Crippen LogP contribution < -0.4 is 15.2 Å². The van der Waals surface area contributed by atoms with E-state index in [1.54, 1.807) is 24.3 Å². The quantitative estimate of drug-likeness (QED) is 0.488. The molecule has 0 spiro atoms. The summed E-state index contributed by atoms with van der Waals surface area (Å²) in [5, 5.41) is 0.880. The van der Waals surface area contributed by atoms with E-state index >= 15 is 0 Å². The largest absolute Gasteiger partial charge is 0.490 e. The summed E-state index contributed by atoms with van der Waals surface area (Å²) in [6.45, 7) is 9.76. The number of benzene rings is 2. The highest BCUT2D eigenvalue weighted by atomic mass is 32.2. The number of nitrogens with one attached hydrogen (secondary N) is 1. The van der Waals surface area contributed by atoms with Gasteiger partial charge >= 0.3 is 0 Å². The molecule has 9 heteroatoms. The summed E-state index contributed by atoms with van der Waals surface area (Å²) in [7, 11) is -1.93. The maximum Gasteiger partial charge on any atom is 0.252 e. The molecule has 0 saturated heterocycles. The minimum atomic E-state index is -3.89. The minimum Gasteiger partial charge on any atom is -0.490 e. The van der Waals surface area contributed by atoms with E-state index in [1.165, 1.54) is 4.31 Å². The Morgan fingerprint density at radius 3 is 2.60 bits per heavy atom. The number of aromatic nitrogens is 1. The van der Waals surface area contributed by atoms with Crippen LogP contribution in [0.15, 0.2) is 52.2 Å². The van der Waals surface area contributed by atoms with E-state index in [0.717, 1.165) is 41.8 Å². The van der Waals surface area contributed by atoms with Gasteiger partial charge < -0.3 is 19.5 Å². The van der Waals surface area contributed by atoms with Gasteiger partial charge in [-0.1, -0.05) is 32.0 Å². The van der Waals surface area contributed by atoms with E-state index < -0.39 is 10.0 Å². The van der Waals surface area contributed by atoms with Crippen LogP contribution in [0.5, 0.6) is 5.75 Å². The molecule has 1 aromatic heterocycles. The summed E-state index contributed by atoms with van der Waals surface area (Å²) in [5.74, 6) is 0.558. The third-order valence-electron chi connectivity index (χ3n) is 6.74. The maximum atomic E-state index is 13.8. The van der Waals surface area contributed by atoms with Crippen LogP contribution in [0, 0.1) is 6.92 Å². The standard InChI is InChI=1S/C26H34N4O4S/c1-5-29(6-2)12-13-30(18-21-16-20-9-7-8-19(3)25(20)27-26(21)31)35(32,33)22-10-11-23-24(17-22)34-15-14-28(23)4/h7-11,16-17H,5-6,12-15,18H2,1-4H3,(H,27,31). The first-order chi connectivity index (χ1) is 16.7. The van der Waals surface area contributed by atoms with Gasteiger partial charge in [0.25, 0.3) is 5.56 Å². The number of ether oxygens (including phenoxy) is 1. The van der Waals surface area contributed by atoms with E-state index in [2.05, 4.69) is 23.7 Å². The fourth-order valence-corrected chi connectivity index (χ4v) is 5.89.